The van der Waals surface area contributed by atoms with Gasteiger partial charge < -0.3 is 19.9 Å². The Kier molecular flexibility index (Phi) is 5.42. The zero-order valence-electron chi connectivity index (χ0n) is 14.7. The zero-order chi connectivity index (χ0) is 19.4. The number of nitrogens with one attached hydrogen (secondary N) is 1. The Balaban J connectivity index is 1.88. The van der Waals surface area contributed by atoms with Crippen molar-refractivity contribution in [1.29, 1.82) is 0 Å². The van der Waals surface area contributed by atoms with E-state index in [4.69, 9.17) is 9.47 Å². The number of carbonyl (C=O) groups excluding carboxylic acids is 1. The molecule has 2 aromatic carbocycles. The minimum absolute atomic E-state index is 0.0621. The van der Waals surface area contributed by atoms with E-state index < -0.39 is 5.97 Å². The van der Waals surface area contributed by atoms with Gasteiger partial charge in [-0.15, -0.1) is 0 Å². The lowest BCUT2D eigenvalue weighted by Crippen LogP contribution is -2.11. The van der Waals surface area contributed by atoms with Gasteiger partial charge in [-0.1, -0.05) is 35.1 Å². The average molecular weight is 383 g/mol. The first kappa shape index (κ1) is 18.5. The number of amides is 1. The Morgan fingerprint density at radius 1 is 1.04 bits per heavy atom. The molecular formula is C20H17NO5S. The quantitative estimate of drug-likeness (QED) is 0.638. The van der Waals surface area contributed by atoms with Crippen LogP contribution in [-0.2, 0) is 0 Å². The maximum absolute atomic E-state index is 12.5. The lowest BCUT2D eigenvalue weighted by molar-refractivity contribution is 0.0701. The first-order valence-electron chi connectivity index (χ1n) is 8.03. The van der Waals surface area contributed by atoms with Gasteiger partial charge in [0.15, 0.2) is 0 Å². The molecule has 0 atom stereocenters. The molecule has 0 fully saturated rings. The van der Waals surface area contributed by atoms with Gasteiger partial charge in [-0.3, -0.25) is 4.79 Å². The normalized spacial score (nSPS) is 10.3. The number of carboxylic acid groups (broad SMARTS) is 1. The SMILES string of the molecule is COc1cccc(Oc2sc(C(=O)O)cc2NC(=O)c2ccc(C)cc2)c1. The van der Waals surface area contributed by atoms with Crippen LogP contribution in [0, 0.1) is 6.92 Å². The van der Waals surface area contributed by atoms with Gasteiger partial charge >= 0.3 is 5.97 Å². The highest BCUT2D eigenvalue weighted by Crippen LogP contribution is 2.39. The zero-order valence-corrected chi connectivity index (χ0v) is 15.5. The smallest absolute Gasteiger partial charge is 0.346 e. The largest absolute Gasteiger partial charge is 0.497 e. The van der Waals surface area contributed by atoms with Crippen molar-refractivity contribution in [3.63, 3.8) is 0 Å². The summed E-state index contributed by atoms with van der Waals surface area (Å²) < 4.78 is 11.0. The van der Waals surface area contributed by atoms with Crippen molar-refractivity contribution in [2.45, 2.75) is 6.92 Å². The van der Waals surface area contributed by atoms with Crippen molar-refractivity contribution < 1.29 is 24.2 Å². The van der Waals surface area contributed by atoms with E-state index in [1.165, 1.54) is 6.07 Å². The molecular weight excluding hydrogens is 366 g/mol. The molecule has 3 rings (SSSR count). The van der Waals surface area contributed by atoms with Crippen LogP contribution in [0.15, 0.2) is 54.6 Å². The number of carbonyl (C=O) groups is 2. The summed E-state index contributed by atoms with van der Waals surface area (Å²) in [5, 5.41) is 12.3. The molecule has 27 heavy (non-hydrogen) atoms. The molecule has 0 radical (unpaired) electrons. The van der Waals surface area contributed by atoms with Crippen LogP contribution in [0.1, 0.15) is 25.6 Å². The highest BCUT2D eigenvalue weighted by molar-refractivity contribution is 7.16. The fourth-order valence-electron chi connectivity index (χ4n) is 2.31. The Hall–Kier alpha value is -3.32. The number of aromatic carboxylic acids is 1. The van der Waals surface area contributed by atoms with E-state index in [0.29, 0.717) is 22.7 Å². The second-order valence-corrected chi connectivity index (χ2v) is 6.73. The van der Waals surface area contributed by atoms with Gasteiger partial charge in [-0.05, 0) is 37.3 Å². The molecule has 0 saturated carbocycles. The molecule has 1 aromatic heterocycles. The van der Waals surface area contributed by atoms with Gasteiger partial charge in [0.25, 0.3) is 5.91 Å². The van der Waals surface area contributed by atoms with E-state index in [9.17, 15) is 14.7 Å². The van der Waals surface area contributed by atoms with Crippen molar-refractivity contribution in [3.05, 3.63) is 70.6 Å². The standard InChI is InChI=1S/C20H17NO5S/c1-12-6-8-13(9-7-12)18(22)21-16-11-17(19(23)24)27-20(16)26-15-5-3-4-14(10-15)25-2/h3-11H,1-2H3,(H,21,22)(H,23,24). The van der Waals surface area contributed by atoms with Crippen molar-refractivity contribution in [1.82, 2.24) is 0 Å². The van der Waals surface area contributed by atoms with E-state index >= 15 is 0 Å². The van der Waals surface area contributed by atoms with Crippen molar-refractivity contribution in [2.24, 2.45) is 0 Å². The molecule has 0 aliphatic carbocycles. The van der Waals surface area contributed by atoms with Gasteiger partial charge in [-0.25, -0.2) is 4.79 Å². The number of carboxylic acids is 1. The molecule has 0 aliphatic heterocycles. The lowest BCUT2D eigenvalue weighted by atomic mass is 10.1. The van der Waals surface area contributed by atoms with Gasteiger partial charge in [-0.2, -0.15) is 0 Å². The molecule has 0 spiro atoms. The summed E-state index contributed by atoms with van der Waals surface area (Å²) in [7, 11) is 1.54. The van der Waals surface area contributed by atoms with Crippen LogP contribution in [0.4, 0.5) is 5.69 Å². The highest BCUT2D eigenvalue weighted by Gasteiger charge is 2.18. The van der Waals surface area contributed by atoms with Crippen LogP contribution in [0.2, 0.25) is 0 Å². The molecule has 6 nitrogen and oxygen atoms in total. The first-order valence-corrected chi connectivity index (χ1v) is 8.85. The number of anilines is 1. The van der Waals surface area contributed by atoms with Crippen LogP contribution in [-0.4, -0.2) is 24.1 Å². The first-order chi connectivity index (χ1) is 13.0. The van der Waals surface area contributed by atoms with Crippen LogP contribution in [0.25, 0.3) is 0 Å². The van der Waals surface area contributed by atoms with Crippen LogP contribution in [0.5, 0.6) is 16.6 Å². The monoisotopic (exact) mass is 383 g/mol. The molecule has 1 amide bonds. The van der Waals surface area contributed by atoms with E-state index in [-0.39, 0.29) is 15.8 Å². The van der Waals surface area contributed by atoms with E-state index in [1.807, 2.05) is 19.1 Å². The van der Waals surface area contributed by atoms with Crippen LogP contribution < -0.4 is 14.8 Å². The number of rotatable bonds is 6. The van der Waals surface area contributed by atoms with Crippen molar-refractivity contribution >= 4 is 28.9 Å². The lowest BCUT2D eigenvalue weighted by Gasteiger charge is -2.09. The summed E-state index contributed by atoms with van der Waals surface area (Å²) >= 11 is 0.938. The number of benzene rings is 2. The van der Waals surface area contributed by atoms with Gasteiger partial charge in [0.2, 0.25) is 5.06 Å². The molecule has 0 aliphatic rings. The highest BCUT2D eigenvalue weighted by atomic mass is 32.1. The maximum Gasteiger partial charge on any atom is 0.346 e. The summed E-state index contributed by atoms with van der Waals surface area (Å²) in [4.78, 5) is 23.9. The van der Waals surface area contributed by atoms with Crippen molar-refractivity contribution in [3.8, 4) is 16.6 Å². The number of aryl methyl sites for hydroxylation is 1. The third kappa shape index (κ3) is 4.45. The van der Waals surface area contributed by atoms with Crippen molar-refractivity contribution in [2.75, 3.05) is 12.4 Å². The number of ether oxygens (including phenoxy) is 2. The van der Waals surface area contributed by atoms with Gasteiger partial charge in [0.05, 0.1) is 12.8 Å². The van der Waals surface area contributed by atoms with Gasteiger partial charge in [0.1, 0.15) is 16.4 Å². The Labute approximate surface area is 160 Å². The average Bonchev–Trinajstić information content (AvgIpc) is 3.05. The summed E-state index contributed by atoms with van der Waals surface area (Å²) in [6.07, 6.45) is 0. The molecule has 1 heterocycles. The number of hydrogen-bond acceptors (Lipinski definition) is 5. The predicted molar refractivity (Wildman–Crippen MR) is 103 cm³/mol. The minimum atomic E-state index is -1.09. The molecule has 3 aromatic rings. The molecule has 138 valence electrons. The minimum Gasteiger partial charge on any atom is -0.497 e. The maximum atomic E-state index is 12.5. The second kappa shape index (κ2) is 7.92. The third-order valence-corrected chi connectivity index (χ3v) is 4.72. The molecule has 2 N–H and O–H groups in total. The Bertz CT molecular complexity index is 978. The topological polar surface area (TPSA) is 84.9 Å². The predicted octanol–water partition coefficient (Wildman–Crippen LogP) is 4.81. The van der Waals surface area contributed by atoms with E-state index in [2.05, 4.69) is 5.32 Å². The van der Waals surface area contributed by atoms with Gasteiger partial charge in [0, 0.05) is 11.6 Å². The summed E-state index contributed by atoms with van der Waals surface area (Å²) in [5.41, 5.74) is 1.80. The van der Waals surface area contributed by atoms with E-state index in [1.54, 1.807) is 43.5 Å². The molecule has 0 bridgehead atoms. The number of methoxy groups -OCH3 is 1. The van der Waals surface area contributed by atoms with E-state index in [0.717, 1.165) is 16.9 Å². The molecule has 0 saturated heterocycles. The third-order valence-electron chi connectivity index (χ3n) is 3.72. The number of thiophene rings is 1. The summed E-state index contributed by atoms with van der Waals surface area (Å²) in [6.45, 7) is 1.93. The Morgan fingerprint density at radius 3 is 2.41 bits per heavy atom. The molecule has 0 unspecified atom stereocenters. The fraction of sp³-hybridized carbons (Fsp3) is 0.100. The Morgan fingerprint density at radius 2 is 1.74 bits per heavy atom. The van der Waals surface area contributed by atoms with Crippen LogP contribution >= 0.6 is 11.3 Å². The summed E-state index contributed by atoms with van der Waals surface area (Å²) in [6, 6.07) is 15.4. The molecule has 7 heteroatoms. The summed E-state index contributed by atoms with van der Waals surface area (Å²) in [5.74, 6) is -0.363. The van der Waals surface area contributed by atoms with Crippen LogP contribution in [0.3, 0.4) is 0 Å². The second-order valence-electron chi connectivity index (χ2n) is 5.72. The number of hydrogen-bond donors (Lipinski definition) is 2. The fourth-order valence-corrected chi connectivity index (χ4v) is 3.14.